The van der Waals surface area contributed by atoms with E-state index >= 15 is 0 Å². The number of hydrogen-bond acceptors (Lipinski definition) is 5. The minimum absolute atomic E-state index is 0.117. The number of amides is 1. The minimum Gasteiger partial charge on any atom is -0.454 e. The molecule has 0 spiro atoms. The maximum Gasteiger partial charge on any atom is 0.239 e. The number of nitrogens with one attached hydrogen (secondary N) is 2. The topological polar surface area (TPSA) is 75.2 Å². The van der Waals surface area contributed by atoms with Crippen LogP contribution in [-0.2, 0) is 4.79 Å². The van der Waals surface area contributed by atoms with Crippen molar-refractivity contribution < 1.29 is 14.3 Å². The highest BCUT2D eigenvalue weighted by Gasteiger charge is 2.18. The number of hydrazone groups is 1. The number of rotatable bonds is 5. The predicted molar refractivity (Wildman–Crippen MR) is 82.6 cm³/mol. The molecule has 7 nitrogen and oxygen atoms in total. The summed E-state index contributed by atoms with van der Waals surface area (Å²) in [5.41, 5.74) is 4.70. The number of amidine groups is 1. The van der Waals surface area contributed by atoms with Crippen molar-refractivity contribution in [2.24, 2.45) is 5.10 Å². The van der Waals surface area contributed by atoms with Crippen molar-refractivity contribution in [3.05, 3.63) is 23.8 Å². The number of fused-ring (bicyclic) bond motifs is 1. The van der Waals surface area contributed by atoms with Gasteiger partial charge < -0.3 is 19.7 Å². The number of carbonyl (C=O) groups excluding carboxylic acids is 1. The molecule has 21 heavy (non-hydrogen) atoms. The summed E-state index contributed by atoms with van der Waals surface area (Å²) >= 11 is 4.71. The maximum atomic E-state index is 11.5. The molecule has 0 fully saturated rings. The Labute approximate surface area is 127 Å². The third kappa shape index (κ3) is 3.60. The van der Waals surface area contributed by atoms with Gasteiger partial charge in [-0.25, -0.2) is 0 Å². The average molecular weight is 308 g/mol. The number of likely N-dealkylation sites (N-methyl/N-ethyl adjacent to an activating group) is 2. The van der Waals surface area contributed by atoms with E-state index in [1.807, 2.05) is 12.1 Å². The van der Waals surface area contributed by atoms with Crippen LogP contribution in [0, 0.1) is 0 Å². The molecule has 0 aliphatic carbocycles. The minimum atomic E-state index is -0.117. The first-order valence-electron chi connectivity index (χ1n) is 6.24. The van der Waals surface area contributed by atoms with E-state index in [0.717, 1.165) is 5.56 Å². The molecule has 112 valence electrons. The molecule has 1 heterocycles. The van der Waals surface area contributed by atoms with Crippen LogP contribution in [0.3, 0.4) is 0 Å². The van der Waals surface area contributed by atoms with Crippen LogP contribution in [0.4, 0.5) is 0 Å². The Morgan fingerprint density at radius 1 is 1.48 bits per heavy atom. The standard InChI is InChI=1S/C13H16N4O3S/c1-14-12(18)6-17(2)13(16-15-7-21)9-3-4-10-11(5-9)20-8-19-10/h3-5,7H,6,8H2,1-2H3,(H,14,18)(H,15,21)/b16-13-. The van der Waals surface area contributed by atoms with E-state index in [0.29, 0.717) is 17.3 Å². The summed E-state index contributed by atoms with van der Waals surface area (Å²) in [6, 6.07) is 5.46. The Balaban J connectivity index is 2.27. The van der Waals surface area contributed by atoms with E-state index in [9.17, 15) is 4.79 Å². The molecule has 8 heteroatoms. The second-order valence-corrected chi connectivity index (χ2v) is 4.52. The predicted octanol–water partition coefficient (Wildman–Crippen LogP) is 0.302. The smallest absolute Gasteiger partial charge is 0.239 e. The van der Waals surface area contributed by atoms with E-state index in [1.54, 1.807) is 25.1 Å². The Morgan fingerprint density at radius 3 is 2.95 bits per heavy atom. The molecule has 2 rings (SSSR count). The van der Waals surface area contributed by atoms with Crippen molar-refractivity contribution in [3.8, 4) is 11.5 Å². The highest BCUT2D eigenvalue weighted by atomic mass is 32.1. The van der Waals surface area contributed by atoms with Crippen LogP contribution in [0.5, 0.6) is 11.5 Å². The van der Waals surface area contributed by atoms with Crippen LogP contribution in [0.2, 0.25) is 0 Å². The fourth-order valence-corrected chi connectivity index (χ4v) is 1.92. The van der Waals surface area contributed by atoms with E-state index in [4.69, 9.17) is 21.7 Å². The average Bonchev–Trinajstić information content (AvgIpc) is 2.95. The third-order valence-corrected chi connectivity index (χ3v) is 2.98. The number of ether oxygens (including phenoxy) is 2. The largest absolute Gasteiger partial charge is 0.454 e. The van der Waals surface area contributed by atoms with Gasteiger partial charge in [-0.15, -0.1) is 0 Å². The molecule has 0 bridgehead atoms. The lowest BCUT2D eigenvalue weighted by Crippen LogP contribution is -2.38. The van der Waals surface area contributed by atoms with Crippen molar-refractivity contribution in [2.45, 2.75) is 0 Å². The van der Waals surface area contributed by atoms with Gasteiger partial charge in [0.2, 0.25) is 12.7 Å². The van der Waals surface area contributed by atoms with Gasteiger partial charge in [-0.1, -0.05) is 12.2 Å². The molecule has 0 unspecified atom stereocenters. The van der Waals surface area contributed by atoms with Gasteiger partial charge in [0, 0.05) is 19.7 Å². The monoisotopic (exact) mass is 308 g/mol. The second-order valence-electron chi connectivity index (χ2n) is 4.28. The first-order valence-corrected chi connectivity index (χ1v) is 6.71. The lowest BCUT2D eigenvalue weighted by molar-refractivity contribution is -0.120. The van der Waals surface area contributed by atoms with Crippen molar-refractivity contribution in [1.29, 1.82) is 0 Å². The molecule has 1 aliphatic heterocycles. The van der Waals surface area contributed by atoms with Crippen molar-refractivity contribution in [1.82, 2.24) is 15.6 Å². The van der Waals surface area contributed by atoms with Crippen LogP contribution < -0.4 is 20.2 Å². The molecule has 0 radical (unpaired) electrons. The van der Waals surface area contributed by atoms with Crippen LogP contribution in [0.25, 0.3) is 0 Å². The molecule has 1 amide bonds. The summed E-state index contributed by atoms with van der Waals surface area (Å²) in [6.45, 7) is 0.375. The molecule has 0 saturated heterocycles. The van der Waals surface area contributed by atoms with Crippen molar-refractivity contribution >= 4 is 29.5 Å². The zero-order valence-corrected chi connectivity index (χ0v) is 12.6. The van der Waals surface area contributed by atoms with Crippen LogP contribution in [0.1, 0.15) is 5.56 Å². The summed E-state index contributed by atoms with van der Waals surface area (Å²) in [6.07, 6.45) is 0. The van der Waals surface area contributed by atoms with Crippen molar-refractivity contribution in [3.63, 3.8) is 0 Å². The Hall–Kier alpha value is -2.35. The van der Waals surface area contributed by atoms with Gasteiger partial charge in [0.1, 0.15) is 0 Å². The zero-order valence-electron chi connectivity index (χ0n) is 11.8. The first kappa shape index (κ1) is 15.0. The summed E-state index contributed by atoms with van der Waals surface area (Å²) in [5.74, 6) is 1.79. The Bertz CT molecular complexity index is 577. The van der Waals surface area contributed by atoms with Crippen LogP contribution in [0.15, 0.2) is 23.3 Å². The van der Waals surface area contributed by atoms with Gasteiger partial charge in [-0.3, -0.25) is 10.2 Å². The number of benzene rings is 1. The number of thiocarbonyl (C=S) groups is 1. The Morgan fingerprint density at radius 2 is 2.24 bits per heavy atom. The molecule has 1 aromatic rings. The van der Waals surface area contributed by atoms with Gasteiger partial charge in [0.15, 0.2) is 17.3 Å². The van der Waals surface area contributed by atoms with Gasteiger partial charge in [-0.05, 0) is 18.2 Å². The second kappa shape index (κ2) is 6.89. The highest BCUT2D eigenvalue weighted by Crippen LogP contribution is 2.32. The van der Waals surface area contributed by atoms with Gasteiger partial charge >= 0.3 is 0 Å². The van der Waals surface area contributed by atoms with Gasteiger partial charge in [0.05, 0.1) is 12.0 Å². The lowest BCUT2D eigenvalue weighted by Gasteiger charge is -2.20. The third-order valence-electron chi connectivity index (χ3n) is 2.88. The first-order chi connectivity index (χ1) is 10.2. The highest BCUT2D eigenvalue weighted by molar-refractivity contribution is 7.78. The summed E-state index contributed by atoms with van der Waals surface area (Å²) < 4.78 is 10.6. The molecular formula is C13H16N4O3S. The van der Waals surface area contributed by atoms with Crippen LogP contribution >= 0.6 is 12.2 Å². The van der Waals surface area contributed by atoms with Gasteiger partial charge in [-0.2, -0.15) is 5.10 Å². The molecule has 2 N–H and O–H groups in total. The van der Waals surface area contributed by atoms with Crippen molar-refractivity contribution in [2.75, 3.05) is 27.4 Å². The molecule has 1 aliphatic rings. The molecule has 1 aromatic carbocycles. The van der Waals surface area contributed by atoms with Gasteiger partial charge in [0.25, 0.3) is 0 Å². The molecule has 0 saturated carbocycles. The Kier molecular flexibility index (Phi) is 4.94. The maximum absolute atomic E-state index is 11.5. The molecule has 0 aromatic heterocycles. The summed E-state index contributed by atoms with van der Waals surface area (Å²) in [4.78, 5) is 13.2. The summed E-state index contributed by atoms with van der Waals surface area (Å²) in [5, 5.41) is 6.75. The van der Waals surface area contributed by atoms with Crippen LogP contribution in [-0.4, -0.2) is 49.6 Å². The molecule has 0 atom stereocenters. The molecular weight excluding hydrogens is 292 g/mol. The summed E-state index contributed by atoms with van der Waals surface area (Å²) in [7, 11) is 3.35. The number of hydrogen-bond donors (Lipinski definition) is 2. The van der Waals surface area contributed by atoms with E-state index in [2.05, 4.69) is 15.8 Å². The number of nitrogens with zero attached hydrogens (tertiary/aromatic N) is 2. The van der Waals surface area contributed by atoms with E-state index in [1.165, 1.54) is 5.49 Å². The zero-order chi connectivity index (χ0) is 15.2. The fraction of sp³-hybridized carbons (Fsp3) is 0.308. The fourth-order valence-electron chi connectivity index (χ4n) is 1.86. The van der Waals surface area contributed by atoms with E-state index < -0.39 is 0 Å². The number of carbonyl (C=O) groups is 1. The SMILES string of the molecule is CNC(=O)CN(C)/C(=N\NC=S)c1ccc2c(c1)OCO2. The normalized spacial score (nSPS) is 12.8. The quantitative estimate of drug-likeness (QED) is 0.353. The van der Waals surface area contributed by atoms with E-state index in [-0.39, 0.29) is 19.2 Å². The lowest BCUT2D eigenvalue weighted by atomic mass is 10.1.